The fourth-order valence-electron chi connectivity index (χ4n) is 3.10. The van der Waals surface area contributed by atoms with Gasteiger partial charge in [-0.25, -0.2) is 9.18 Å². The van der Waals surface area contributed by atoms with Crippen molar-refractivity contribution in [1.82, 2.24) is 4.90 Å². The minimum absolute atomic E-state index is 0.245. The third-order valence-corrected chi connectivity index (χ3v) is 4.57. The third kappa shape index (κ3) is 5.54. The molecule has 0 unspecified atom stereocenters. The van der Waals surface area contributed by atoms with Crippen LogP contribution in [0, 0.1) is 5.82 Å². The van der Waals surface area contributed by atoms with E-state index < -0.39 is 5.97 Å². The number of amides is 2. The summed E-state index contributed by atoms with van der Waals surface area (Å²) >= 11 is 0. The number of esters is 1. The first kappa shape index (κ1) is 20.3. The maximum atomic E-state index is 13.0. The third-order valence-electron chi connectivity index (χ3n) is 4.57. The van der Waals surface area contributed by atoms with E-state index in [9.17, 15) is 18.8 Å². The number of halogens is 1. The summed E-state index contributed by atoms with van der Waals surface area (Å²) in [7, 11) is 0. The lowest BCUT2D eigenvalue weighted by Crippen LogP contribution is -2.49. The molecule has 152 valence electrons. The van der Waals surface area contributed by atoms with Crippen LogP contribution in [0.2, 0.25) is 0 Å². The Hall–Kier alpha value is -3.42. The number of hydrogen-bond acceptors (Lipinski definition) is 5. The van der Waals surface area contributed by atoms with Crippen molar-refractivity contribution in [2.24, 2.45) is 0 Å². The molecular weight excluding hydrogens is 377 g/mol. The molecule has 0 radical (unpaired) electrons. The number of carbonyl (C=O) groups excluding carboxylic acids is 3. The van der Waals surface area contributed by atoms with Crippen LogP contribution in [0.1, 0.15) is 17.3 Å². The van der Waals surface area contributed by atoms with Crippen LogP contribution < -0.4 is 10.2 Å². The fraction of sp³-hybridized carbons (Fsp3) is 0.286. The van der Waals surface area contributed by atoms with E-state index in [-0.39, 0.29) is 29.8 Å². The van der Waals surface area contributed by atoms with Crippen molar-refractivity contribution in [2.45, 2.75) is 6.92 Å². The number of benzene rings is 2. The number of nitrogens with one attached hydrogen (secondary N) is 1. The predicted octanol–water partition coefficient (Wildman–Crippen LogP) is 2.29. The number of piperazine rings is 1. The Labute approximate surface area is 168 Å². The zero-order valence-corrected chi connectivity index (χ0v) is 16.1. The van der Waals surface area contributed by atoms with Gasteiger partial charge in [-0.3, -0.25) is 9.59 Å². The molecule has 0 spiro atoms. The Balaban J connectivity index is 1.48. The highest BCUT2D eigenvalue weighted by Gasteiger charge is 2.22. The molecule has 0 aliphatic carbocycles. The van der Waals surface area contributed by atoms with Gasteiger partial charge in [-0.1, -0.05) is 6.07 Å². The second kappa shape index (κ2) is 9.18. The Kier molecular flexibility index (Phi) is 6.43. The molecule has 2 amide bonds. The Morgan fingerprint density at radius 3 is 2.38 bits per heavy atom. The molecule has 1 saturated heterocycles. The van der Waals surface area contributed by atoms with E-state index in [4.69, 9.17) is 4.74 Å². The molecular formula is C21H22FN3O4. The van der Waals surface area contributed by atoms with Crippen molar-refractivity contribution in [1.29, 1.82) is 0 Å². The molecule has 8 heteroatoms. The Bertz CT molecular complexity index is 893. The monoisotopic (exact) mass is 399 g/mol. The molecule has 1 fully saturated rings. The summed E-state index contributed by atoms with van der Waals surface area (Å²) < 4.78 is 18.2. The number of hydrogen-bond donors (Lipinski definition) is 1. The lowest BCUT2D eigenvalue weighted by Gasteiger charge is -2.36. The van der Waals surface area contributed by atoms with Crippen LogP contribution in [0.15, 0.2) is 48.5 Å². The van der Waals surface area contributed by atoms with Gasteiger partial charge in [0.15, 0.2) is 6.61 Å². The van der Waals surface area contributed by atoms with E-state index in [1.807, 2.05) is 0 Å². The minimum atomic E-state index is -0.629. The van der Waals surface area contributed by atoms with Crippen LogP contribution in [-0.4, -0.2) is 55.5 Å². The lowest BCUT2D eigenvalue weighted by molar-refractivity contribution is -0.134. The molecule has 2 aromatic rings. The normalized spacial score (nSPS) is 13.7. The lowest BCUT2D eigenvalue weighted by atomic mass is 10.2. The first-order valence-electron chi connectivity index (χ1n) is 9.25. The molecule has 1 N–H and O–H groups in total. The van der Waals surface area contributed by atoms with Crippen LogP contribution in [0.3, 0.4) is 0 Å². The zero-order chi connectivity index (χ0) is 20.8. The van der Waals surface area contributed by atoms with E-state index in [1.165, 1.54) is 25.1 Å². The second-order valence-corrected chi connectivity index (χ2v) is 6.68. The quantitative estimate of drug-likeness (QED) is 0.781. The molecule has 1 aliphatic rings. The summed E-state index contributed by atoms with van der Waals surface area (Å²) in [5, 5.41) is 2.59. The fourth-order valence-corrected chi connectivity index (χ4v) is 3.10. The second-order valence-electron chi connectivity index (χ2n) is 6.68. The van der Waals surface area contributed by atoms with E-state index in [0.29, 0.717) is 31.9 Å². The van der Waals surface area contributed by atoms with Gasteiger partial charge in [-0.05, 0) is 42.5 Å². The maximum absolute atomic E-state index is 13.0. The van der Waals surface area contributed by atoms with Crippen molar-refractivity contribution in [3.05, 3.63) is 59.9 Å². The van der Waals surface area contributed by atoms with Crippen molar-refractivity contribution in [3.63, 3.8) is 0 Å². The molecule has 1 heterocycles. The maximum Gasteiger partial charge on any atom is 0.338 e. The van der Waals surface area contributed by atoms with Gasteiger partial charge in [0, 0.05) is 44.5 Å². The van der Waals surface area contributed by atoms with Gasteiger partial charge < -0.3 is 19.9 Å². The van der Waals surface area contributed by atoms with Crippen molar-refractivity contribution < 1.29 is 23.5 Å². The number of anilines is 2. The largest absolute Gasteiger partial charge is 0.452 e. The van der Waals surface area contributed by atoms with Crippen LogP contribution in [0.5, 0.6) is 0 Å². The van der Waals surface area contributed by atoms with Gasteiger partial charge in [0.25, 0.3) is 5.91 Å². The van der Waals surface area contributed by atoms with Crippen LogP contribution in [0.4, 0.5) is 15.8 Å². The van der Waals surface area contributed by atoms with Crippen LogP contribution in [-0.2, 0) is 14.3 Å². The topological polar surface area (TPSA) is 78.9 Å². The van der Waals surface area contributed by atoms with Crippen molar-refractivity contribution in [3.8, 4) is 0 Å². The summed E-state index contributed by atoms with van der Waals surface area (Å²) in [6, 6.07) is 12.6. The average Bonchev–Trinajstić information content (AvgIpc) is 2.72. The smallest absolute Gasteiger partial charge is 0.338 e. The molecule has 0 atom stereocenters. The molecule has 3 rings (SSSR count). The molecule has 0 bridgehead atoms. The van der Waals surface area contributed by atoms with Gasteiger partial charge in [-0.2, -0.15) is 0 Å². The Morgan fingerprint density at radius 1 is 1.03 bits per heavy atom. The van der Waals surface area contributed by atoms with Crippen molar-refractivity contribution in [2.75, 3.05) is 43.0 Å². The highest BCUT2D eigenvalue weighted by Crippen LogP contribution is 2.17. The van der Waals surface area contributed by atoms with Crippen molar-refractivity contribution >= 4 is 29.2 Å². The number of rotatable bonds is 5. The Morgan fingerprint density at radius 2 is 1.72 bits per heavy atom. The van der Waals surface area contributed by atoms with E-state index >= 15 is 0 Å². The molecule has 0 aromatic heterocycles. The molecule has 29 heavy (non-hydrogen) atoms. The summed E-state index contributed by atoms with van der Waals surface area (Å²) in [6.07, 6.45) is 0. The highest BCUT2D eigenvalue weighted by atomic mass is 19.1. The number of nitrogens with zero attached hydrogens (tertiary/aromatic N) is 2. The number of ether oxygens (including phenoxy) is 1. The van der Waals surface area contributed by atoms with Gasteiger partial charge in [0.05, 0.1) is 5.56 Å². The van der Waals surface area contributed by atoms with Gasteiger partial charge in [-0.15, -0.1) is 0 Å². The van der Waals surface area contributed by atoms with E-state index in [0.717, 1.165) is 5.69 Å². The first-order valence-corrected chi connectivity index (χ1v) is 9.25. The predicted molar refractivity (Wildman–Crippen MR) is 106 cm³/mol. The zero-order valence-electron chi connectivity index (χ0n) is 16.1. The van der Waals surface area contributed by atoms with Crippen LogP contribution >= 0.6 is 0 Å². The van der Waals surface area contributed by atoms with Gasteiger partial charge in [0.1, 0.15) is 5.82 Å². The number of carbonyl (C=O) groups is 3. The molecule has 1 aliphatic heterocycles. The summed E-state index contributed by atoms with van der Waals surface area (Å²) in [6.45, 7) is 3.24. The summed E-state index contributed by atoms with van der Waals surface area (Å²) in [5.74, 6) is -1.43. The molecule has 2 aromatic carbocycles. The van der Waals surface area contributed by atoms with Gasteiger partial charge in [0.2, 0.25) is 5.91 Å². The van der Waals surface area contributed by atoms with E-state index in [1.54, 1.807) is 35.2 Å². The van der Waals surface area contributed by atoms with Gasteiger partial charge >= 0.3 is 5.97 Å². The highest BCUT2D eigenvalue weighted by molar-refractivity contribution is 5.94. The minimum Gasteiger partial charge on any atom is -0.452 e. The summed E-state index contributed by atoms with van der Waals surface area (Å²) in [5.41, 5.74) is 1.64. The first-order chi connectivity index (χ1) is 13.9. The average molecular weight is 399 g/mol. The molecule has 0 saturated carbocycles. The standard InChI is InChI=1S/C21H22FN3O4/c1-15(26)23-18-4-2-3-16(13-18)21(28)29-14-20(27)25-11-9-24(10-12-25)19-7-5-17(22)6-8-19/h2-8,13H,9-12,14H2,1H3,(H,23,26). The SMILES string of the molecule is CC(=O)Nc1cccc(C(=O)OCC(=O)N2CCN(c3ccc(F)cc3)CC2)c1. The molecule has 7 nitrogen and oxygen atoms in total. The summed E-state index contributed by atoms with van der Waals surface area (Å²) in [4.78, 5) is 39.4. The van der Waals surface area contributed by atoms with Crippen LogP contribution in [0.25, 0.3) is 0 Å². The van der Waals surface area contributed by atoms with E-state index in [2.05, 4.69) is 10.2 Å².